The first kappa shape index (κ1) is 20.2. The molecule has 10 heteroatoms. The summed E-state index contributed by atoms with van der Waals surface area (Å²) in [6.07, 6.45) is -0.585. The Morgan fingerprint density at radius 2 is 2.07 bits per heavy atom. The SMILES string of the molecule is CCSc1nnc2c(n1)O[C@@H](c1cc(Br)c(O)c(OC)c1)Nc1ccc(Br)cc1-2. The number of thioether (sulfide) groups is 1. The molecule has 0 saturated carbocycles. The van der Waals surface area contributed by atoms with Crippen LogP contribution in [0, 0.1) is 0 Å². The van der Waals surface area contributed by atoms with Gasteiger partial charge in [0.2, 0.25) is 11.0 Å². The van der Waals surface area contributed by atoms with E-state index >= 15 is 0 Å². The molecule has 0 fully saturated rings. The number of halogens is 2. The lowest BCUT2D eigenvalue weighted by atomic mass is 10.1. The molecule has 1 atom stereocenters. The molecular weight excluding hydrogens is 524 g/mol. The summed E-state index contributed by atoms with van der Waals surface area (Å²) in [5.74, 6) is 1.57. The number of anilines is 1. The molecule has 4 rings (SSSR count). The van der Waals surface area contributed by atoms with Crippen molar-refractivity contribution in [2.45, 2.75) is 18.3 Å². The van der Waals surface area contributed by atoms with Gasteiger partial charge in [0, 0.05) is 21.3 Å². The molecule has 0 amide bonds. The van der Waals surface area contributed by atoms with Gasteiger partial charge in [-0.3, -0.25) is 0 Å². The van der Waals surface area contributed by atoms with Crippen LogP contribution in [0.25, 0.3) is 11.3 Å². The summed E-state index contributed by atoms with van der Waals surface area (Å²) in [6, 6.07) is 9.31. The molecular formula is C19H16Br2N4O3S. The molecule has 2 N–H and O–H groups in total. The minimum atomic E-state index is -0.585. The van der Waals surface area contributed by atoms with Crippen LogP contribution in [0.3, 0.4) is 0 Å². The van der Waals surface area contributed by atoms with E-state index in [0.29, 0.717) is 27.0 Å². The van der Waals surface area contributed by atoms with Gasteiger partial charge in [-0.2, -0.15) is 4.98 Å². The average molecular weight is 540 g/mol. The maximum absolute atomic E-state index is 10.1. The molecule has 0 aliphatic carbocycles. The number of hydrogen-bond donors (Lipinski definition) is 2. The smallest absolute Gasteiger partial charge is 0.247 e. The van der Waals surface area contributed by atoms with Gasteiger partial charge in [-0.1, -0.05) is 34.6 Å². The molecule has 0 unspecified atom stereocenters. The van der Waals surface area contributed by atoms with Gasteiger partial charge in [0.15, 0.2) is 23.4 Å². The van der Waals surface area contributed by atoms with Crippen molar-refractivity contribution in [1.82, 2.24) is 15.2 Å². The molecule has 7 nitrogen and oxygen atoms in total. The van der Waals surface area contributed by atoms with Crippen LogP contribution >= 0.6 is 43.6 Å². The van der Waals surface area contributed by atoms with Crippen molar-refractivity contribution < 1.29 is 14.6 Å². The van der Waals surface area contributed by atoms with Crippen molar-refractivity contribution in [3.05, 3.63) is 44.8 Å². The van der Waals surface area contributed by atoms with E-state index < -0.39 is 6.23 Å². The lowest BCUT2D eigenvalue weighted by molar-refractivity contribution is 0.224. The second-order valence-electron chi connectivity index (χ2n) is 6.07. The van der Waals surface area contributed by atoms with Crippen LogP contribution < -0.4 is 14.8 Å². The second kappa shape index (κ2) is 8.37. The lowest BCUT2D eigenvalue weighted by Crippen LogP contribution is -2.17. The lowest BCUT2D eigenvalue weighted by Gasteiger charge is -2.20. The van der Waals surface area contributed by atoms with Crippen molar-refractivity contribution in [2.75, 3.05) is 18.2 Å². The quantitative estimate of drug-likeness (QED) is 0.426. The number of benzene rings is 2. The number of phenols is 1. The van der Waals surface area contributed by atoms with E-state index in [1.54, 1.807) is 12.1 Å². The molecule has 0 saturated heterocycles. The highest BCUT2D eigenvalue weighted by Gasteiger charge is 2.27. The molecule has 1 aromatic heterocycles. The predicted octanol–water partition coefficient (Wildman–Crippen LogP) is 5.39. The first-order valence-electron chi connectivity index (χ1n) is 8.67. The van der Waals surface area contributed by atoms with Crippen molar-refractivity contribution in [1.29, 1.82) is 0 Å². The summed E-state index contributed by atoms with van der Waals surface area (Å²) >= 11 is 8.37. The summed E-state index contributed by atoms with van der Waals surface area (Å²) in [7, 11) is 1.50. The highest BCUT2D eigenvalue weighted by atomic mass is 79.9. The summed E-state index contributed by atoms with van der Waals surface area (Å²) in [6.45, 7) is 2.03. The summed E-state index contributed by atoms with van der Waals surface area (Å²) in [5.41, 5.74) is 2.96. The topological polar surface area (TPSA) is 89.4 Å². The fourth-order valence-corrected chi connectivity index (χ4v) is 4.24. The number of phenolic OH excluding ortho intramolecular Hbond substituents is 1. The number of hydrogen-bond acceptors (Lipinski definition) is 8. The minimum Gasteiger partial charge on any atom is -0.503 e. The Hall–Kier alpha value is -2.04. The van der Waals surface area contributed by atoms with Gasteiger partial charge in [0.25, 0.3) is 0 Å². The zero-order chi connectivity index (χ0) is 20.5. The van der Waals surface area contributed by atoms with E-state index in [2.05, 4.69) is 52.4 Å². The number of aromatic nitrogens is 3. The van der Waals surface area contributed by atoms with Crippen molar-refractivity contribution in [2.24, 2.45) is 0 Å². The fraction of sp³-hybridized carbons (Fsp3) is 0.211. The molecule has 2 aromatic carbocycles. The highest BCUT2D eigenvalue weighted by Crippen LogP contribution is 2.43. The minimum absolute atomic E-state index is 0.0280. The number of nitrogens with one attached hydrogen (secondary N) is 1. The Labute approximate surface area is 188 Å². The van der Waals surface area contributed by atoms with Crippen LogP contribution in [0.1, 0.15) is 18.7 Å². The number of ether oxygens (including phenoxy) is 2. The monoisotopic (exact) mass is 538 g/mol. The number of fused-ring (bicyclic) bond motifs is 3. The van der Waals surface area contributed by atoms with Crippen LogP contribution in [0.4, 0.5) is 5.69 Å². The van der Waals surface area contributed by atoms with E-state index in [0.717, 1.165) is 27.0 Å². The molecule has 2 heterocycles. The van der Waals surface area contributed by atoms with Gasteiger partial charge in [-0.15, -0.1) is 10.2 Å². The molecule has 0 bridgehead atoms. The van der Waals surface area contributed by atoms with Crippen LogP contribution in [0.15, 0.2) is 44.4 Å². The molecule has 3 aromatic rings. The van der Waals surface area contributed by atoms with Gasteiger partial charge >= 0.3 is 0 Å². The predicted molar refractivity (Wildman–Crippen MR) is 119 cm³/mol. The van der Waals surface area contributed by atoms with Crippen molar-refractivity contribution >= 4 is 49.3 Å². The Bertz CT molecular complexity index is 1080. The zero-order valence-corrected chi connectivity index (χ0v) is 19.4. The first-order chi connectivity index (χ1) is 14.0. The van der Waals surface area contributed by atoms with Gasteiger partial charge in [0.1, 0.15) is 0 Å². The van der Waals surface area contributed by atoms with Crippen molar-refractivity contribution in [3.63, 3.8) is 0 Å². The third-order valence-electron chi connectivity index (χ3n) is 4.23. The molecule has 150 valence electrons. The number of methoxy groups -OCH3 is 1. The van der Waals surface area contributed by atoms with Crippen LogP contribution in [0.5, 0.6) is 17.4 Å². The maximum Gasteiger partial charge on any atom is 0.247 e. The normalized spacial score (nSPS) is 14.8. The Morgan fingerprint density at radius 3 is 2.83 bits per heavy atom. The van der Waals surface area contributed by atoms with E-state index in [4.69, 9.17) is 9.47 Å². The van der Waals surface area contributed by atoms with Crippen molar-refractivity contribution in [3.8, 4) is 28.6 Å². The third kappa shape index (κ3) is 4.01. The molecule has 1 aliphatic rings. The van der Waals surface area contributed by atoms with Crippen LogP contribution in [-0.2, 0) is 0 Å². The standard InChI is InChI=1S/C19H16Br2N4O3S/c1-3-29-19-23-18-15(24-25-19)11-8-10(20)4-5-13(11)22-17(28-18)9-6-12(21)16(26)14(7-9)27-2/h4-8,17,22,26H,3H2,1-2H3/t17-/m0/s1. The number of nitrogens with zero attached hydrogens (tertiary/aromatic N) is 3. The Morgan fingerprint density at radius 1 is 1.24 bits per heavy atom. The molecule has 1 aliphatic heterocycles. The summed E-state index contributed by atoms with van der Waals surface area (Å²) in [5, 5.41) is 22.7. The van der Waals surface area contributed by atoms with E-state index in [1.165, 1.54) is 18.9 Å². The van der Waals surface area contributed by atoms with Gasteiger partial charge in [0.05, 0.1) is 11.6 Å². The van der Waals surface area contributed by atoms with E-state index in [-0.39, 0.29) is 5.75 Å². The third-order valence-corrected chi connectivity index (χ3v) is 6.05. The highest BCUT2D eigenvalue weighted by molar-refractivity contribution is 9.10. The average Bonchev–Trinajstić information content (AvgIpc) is 2.86. The largest absolute Gasteiger partial charge is 0.503 e. The van der Waals surface area contributed by atoms with Crippen LogP contribution in [0.2, 0.25) is 0 Å². The number of rotatable bonds is 4. The Kier molecular flexibility index (Phi) is 5.84. The second-order valence-corrected chi connectivity index (χ2v) is 9.07. The molecule has 0 spiro atoms. The van der Waals surface area contributed by atoms with E-state index in [9.17, 15) is 5.11 Å². The van der Waals surface area contributed by atoms with Gasteiger partial charge in [-0.05, 0) is 52.0 Å². The molecule has 0 radical (unpaired) electrons. The van der Waals surface area contributed by atoms with Gasteiger partial charge < -0.3 is 19.9 Å². The Balaban J connectivity index is 1.86. The van der Waals surface area contributed by atoms with Gasteiger partial charge in [-0.25, -0.2) is 0 Å². The summed E-state index contributed by atoms with van der Waals surface area (Å²) in [4.78, 5) is 4.57. The maximum atomic E-state index is 10.1. The van der Waals surface area contributed by atoms with Crippen LogP contribution in [-0.4, -0.2) is 33.2 Å². The molecule has 29 heavy (non-hydrogen) atoms. The number of aromatic hydroxyl groups is 1. The first-order valence-corrected chi connectivity index (χ1v) is 11.2. The van der Waals surface area contributed by atoms with E-state index in [1.807, 2.05) is 25.1 Å². The zero-order valence-electron chi connectivity index (χ0n) is 15.4. The fourth-order valence-electron chi connectivity index (χ4n) is 2.91. The summed E-state index contributed by atoms with van der Waals surface area (Å²) < 4.78 is 12.9.